The van der Waals surface area contributed by atoms with Crippen molar-refractivity contribution in [3.8, 4) is 5.75 Å². The van der Waals surface area contributed by atoms with Crippen LogP contribution in [0.1, 0.15) is 40.7 Å². The summed E-state index contributed by atoms with van der Waals surface area (Å²) in [5.41, 5.74) is 1.76. The number of carbonyl (C=O) groups excluding carboxylic acids is 2. The number of methoxy groups -OCH3 is 1. The number of ketones is 1. The van der Waals surface area contributed by atoms with Gasteiger partial charge in [0, 0.05) is 31.0 Å². The van der Waals surface area contributed by atoms with Gasteiger partial charge in [0.1, 0.15) is 11.4 Å². The number of hydrogen-bond acceptors (Lipinski definition) is 4. The predicted octanol–water partition coefficient (Wildman–Crippen LogP) is 3.52. The maximum atomic E-state index is 12.7. The van der Waals surface area contributed by atoms with E-state index < -0.39 is 5.60 Å². The lowest BCUT2D eigenvalue weighted by Gasteiger charge is -2.43. The number of piperidine rings is 1. The zero-order chi connectivity index (χ0) is 16.8. The van der Waals surface area contributed by atoms with Crippen molar-refractivity contribution in [3.63, 3.8) is 0 Å². The molecule has 3 rings (SSSR count). The number of halogens is 1. The summed E-state index contributed by atoms with van der Waals surface area (Å²) in [4.78, 5) is 25.9. The molecule has 1 aromatic rings. The zero-order valence-electron chi connectivity index (χ0n) is 13.6. The highest BCUT2D eigenvalue weighted by Crippen LogP contribution is 2.43. The largest absolute Gasteiger partial charge is 0.486 e. The van der Waals surface area contributed by atoms with Gasteiger partial charge in [-0.15, -0.1) is 0 Å². The van der Waals surface area contributed by atoms with Gasteiger partial charge in [0.15, 0.2) is 5.78 Å². The van der Waals surface area contributed by atoms with Crippen molar-refractivity contribution in [1.82, 2.24) is 4.90 Å². The van der Waals surface area contributed by atoms with Gasteiger partial charge >= 0.3 is 6.09 Å². The summed E-state index contributed by atoms with van der Waals surface area (Å²) in [5, 5.41) is 0.622. The number of hydrogen-bond donors (Lipinski definition) is 0. The molecule has 0 unspecified atom stereocenters. The highest BCUT2D eigenvalue weighted by molar-refractivity contribution is 6.32. The van der Waals surface area contributed by atoms with Crippen molar-refractivity contribution >= 4 is 23.5 Å². The molecule has 0 saturated carbocycles. The summed E-state index contributed by atoms with van der Waals surface area (Å²) in [6.45, 7) is 4.82. The van der Waals surface area contributed by atoms with E-state index in [2.05, 4.69) is 0 Å². The van der Waals surface area contributed by atoms with Gasteiger partial charge in [-0.05, 0) is 31.0 Å². The number of carbonyl (C=O) groups is 2. The second-order valence-corrected chi connectivity index (χ2v) is 6.73. The molecule has 124 valence electrons. The molecule has 1 spiro atoms. The van der Waals surface area contributed by atoms with Crippen LogP contribution in [0.2, 0.25) is 5.02 Å². The number of benzene rings is 1. The van der Waals surface area contributed by atoms with Crippen LogP contribution >= 0.6 is 11.6 Å². The molecule has 0 bridgehead atoms. The SMILES string of the molecule is COC(=O)N1CCC2(CC1)CC(=O)c1c(cc(C)c(Cl)c1C)O2. The minimum absolute atomic E-state index is 0.0668. The van der Waals surface area contributed by atoms with Gasteiger partial charge in [0.25, 0.3) is 0 Å². The zero-order valence-corrected chi connectivity index (χ0v) is 14.3. The van der Waals surface area contributed by atoms with Gasteiger partial charge in [0.2, 0.25) is 0 Å². The third-order valence-corrected chi connectivity index (χ3v) is 5.42. The molecule has 2 aliphatic heterocycles. The second-order valence-electron chi connectivity index (χ2n) is 6.35. The molecule has 0 atom stereocenters. The van der Waals surface area contributed by atoms with E-state index in [0.29, 0.717) is 48.7 Å². The Morgan fingerprint density at radius 3 is 2.61 bits per heavy atom. The first-order valence-corrected chi connectivity index (χ1v) is 8.09. The molecule has 2 aliphatic rings. The highest BCUT2D eigenvalue weighted by atomic mass is 35.5. The molecule has 6 heteroatoms. The topological polar surface area (TPSA) is 55.8 Å². The number of ether oxygens (including phenoxy) is 2. The van der Waals surface area contributed by atoms with E-state index >= 15 is 0 Å². The first-order chi connectivity index (χ1) is 10.9. The Bertz CT molecular complexity index is 678. The summed E-state index contributed by atoms with van der Waals surface area (Å²) in [6.07, 6.45) is 1.23. The van der Waals surface area contributed by atoms with Crippen molar-refractivity contribution in [3.05, 3.63) is 27.8 Å². The summed E-state index contributed by atoms with van der Waals surface area (Å²) in [6, 6.07) is 1.84. The van der Waals surface area contributed by atoms with Crippen LogP contribution in [0.4, 0.5) is 4.79 Å². The van der Waals surface area contributed by atoms with Crippen molar-refractivity contribution in [1.29, 1.82) is 0 Å². The molecule has 5 nitrogen and oxygen atoms in total. The quantitative estimate of drug-likeness (QED) is 0.726. The van der Waals surface area contributed by atoms with Crippen LogP contribution in [0.3, 0.4) is 0 Å². The Morgan fingerprint density at radius 1 is 1.35 bits per heavy atom. The summed E-state index contributed by atoms with van der Waals surface area (Å²) >= 11 is 6.26. The molecular weight excluding hydrogens is 318 g/mol. The number of Topliss-reactive ketones (excluding diaryl/α,β-unsaturated/α-hetero) is 1. The first-order valence-electron chi connectivity index (χ1n) is 7.72. The molecule has 1 amide bonds. The van der Waals surface area contributed by atoms with E-state index in [4.69, 9.17) is 21.1 Å². The summed E-state index contributed by atoms with van der Waals surface area (Å²) in [5.74, 6) is 0.685. The number of amides is 1. The average Bonchev–Trinajstić information content (AvgIpc) is 2.52. The van der Waals surface area contributed by atoms with Crippen LogP contribution in [-0.2, 0) is 4.74 Å². The fraction of sp³-hybridized carbons (Fsp3) is 0.529. The molecule has 0 N–H and O–H groups in total. The molecule has 1 aromatic carbocycles. The van der Waals surface area contributed by atoms with Crippen LogP contribution in [0.25, 0.3) is 0 Å². The van der Waals surface area contributed by atoms with Crippen LogP contribution in [0.5, 0.6) is 5.75 Å². The monoisotopic (exact) mass is 337 g/mol. The van der Waals surface area contributed by atoms with Gasteiger partial charge in [0.05, 0.1) is 19.1 Å². The van der Waals surface area contributed by atoms with Gasteiger partial charge < -0.3 is 14.4 Å². The fourth-order valence-electron chi connectivity index (χ4n) is 3.50. The number of nitrogens with zero attached hydrogens (tertiary/aromatic N) is 1. The van der Waals surface area contributed by atoms with E-state index in [9.17, 15) is 9.59 Å². The van der Waals surface area contributed by atoms with E-state index in [-0.39, 0.29) is 11.9 Å². The summed E-state index contributed by atoms with van der Waals surface area (Å²) in [7, 11) is 1.37. The van der Waals surface area contributed by atoms with Crippen LogP contribution in [0.15, 0.2) is 6.07 Å². The Balaban J connectivity index is 1.87. The minimum atomic E-state index is -0.526. The average molecular weight is 338 g/mol. The predicted molar refractivity (Wildman–Crippen MR) is 86.4 cm³/mol. The van der Waals surface area contributed by atoms with Gasteiger partial charge in [-0.2, -0.15) is 0 Å². The Kier molecular flexibility index (Phi) is 4.00. The smallest absolute Gasteiger partial charge is 0.409 e. The minimum Gasteiger partial charge on any atom is -0.486 e. The standard InChI is InChI=1S/C17H20ClNO4/c1-10-8-13-14(11(2)15(10)18)12(20)9-17(23-13)4-6-19(7-5-17)16(21)22-3/h8H,4-7,9H2,1-3H3. The van der Waals surface area contributed by atoms with Crippen LogP contribution < -0.4 is 4.74 Å². The van der Waals surface area contributed by atoms with Crippen molar-refractivity contribution in [2.75, 3.05) is 20.2 Å². The van der Waals surface area contributed by atoms with Gasteiger partial charge in [-0.25, -0.2) is 4.79 Å². The van der Waals surface area contributed by atoms with Crippen molar-refractivity contribution < 1.29 is 19.1 Å². The third kappa shape index (κ3) is 2.67. The van der Waals surface area contributed by atoms with Gasteiger partial charge in [-0.3, -0.25) is 4.79 Å². The Hall–Kier alpha value is -1.75. The summed E-state index contributed by atoms with van der Waals surface area (Å²) < 4.78 is 11.0. The maximum Gasteiger partial charge on any atom is 0.409 e. The lowest BCUT2D eigenvalue weighted by molar-refractivity contribution is -0.00717. The molecule has 23 heavy (non-hydrogen) atoms. The van der Waals surface area contributed by atoms with E-state index in [1.807, 2.05) is 19.9 Å². The fourth-order valence-corrected chi connectivity index (χ4v) is 3.65. The molecule has 0 radical (unpaired) electrons. The molecule has 1 fully saturated rings. The Labute approximate surface area is 140 Å². The number of rotatable bonds is 0. The third-order valence-electron chi connectivity index (χ3n) is 4.84. The van der Waals surface area contributed by atoms with E-state index in [1.54, 1.807) is 4.90 Å². The number of aryl methyl sites for hydroxylation is 1. The maximum absolute atomic E-state index is 12.7. The first kappa shape index (κ1) is 16.1. The molecule has 0 aliphatic carbocycles. The normalized spacial score (nSPS) is 19.3. The number of likely N-dealkylation sites (tertiary alicyclic amines) is 1. The second kappa shape index (κ2) is 5.71. The molecule has 0 aromatic heterocycles. The lowest BCUT2D eigenvalue weighted by Crippen LogP contribution is -2.52. The molecular formula is C17H20ClNO4. The van der Waals surface area contributed by atoms with Crippen LogP contribution in [-0.4, -0.2) is 42.6 Å². The van der Waals surface area contributed by atoms with Crippen LogP contribution in [0, 0.1) is 13.8 Å². The van der Waals surface area contributed by atoms with E-state index in [1.165, 1.54) is 7.11 Å². The number of fused-ring (bicyclic) bond motifs is 1. The van der Waals surface area contributed by atoms with Crippen molar-refractivity contribution in [2.24, 2.45) is 0 Å². The molecule has 1 saturated heterocycles. The van der Waals surface area contributed by atoms with Crippen molar-refractivity contribution in [2.45, 2.75) is 38.7 Å². The Morgan fingerprint density at radius 2 is 2.00 bits per heavy atom. The lowest BCUT2D eigenvalue weighted by atomic mass is 9.81. The highest BCUT2D eigenvalue weighted by Gasteiger charge is 2.44. The molecule has 2 heterocycles. The van der Waals surface area contributed by atoms with E-state index in [0.717, 1.165) is 11.1 Å². The van der Waals surface area contributed by atoms with Gasteiger partial charge in [-0.1, -0.05) is 11.6 Å².